The third kappa shape index (κ3) is 3.13. The van der Waals surface area contributed by atoms with E-state index in [0.29, 0.717) is 35.6 Å². The molecule has 0 saturated carbocycles. The fourth-order valence-electron chi connectivity index (χ4n) is 3.46. The minimum Gasteiger partial charge on any atom is -0.308 e. The van der Waals surface area contributed by atoms with Gasteiger partial charge in [-0.1, -0.05) is 0 Å². The van der Waals surface area contributed by atoms with Crippen LogP contribution in [0.15, 0.2) is 47.6 Å². The second-order valence-corrected chi connectivity index (χ2v) is 8.28. The molecule has 8 nitrogen and oxygen atoms in total. The van der Waals surface area contributed by atoms with Gasteiger partial charge in [-0.2, -0.15) is 5.10 Å². The summed E-state index contributed by atoms with van der Waals surface area (Å²) in [6.07, 6.45) is 3.82. The van der Waals surface area contributed by atoms with E-state index in [9.17, 15) is 13.2 Å². The van der Waals surface area contributed by atoms with Gasteiger partial charge in [0, 0.05) is 30.3 Å². The van der Waals surface area contributed by atoms with Crippen LogP contribution < -0.4 is 9.62 Å². The summed E-state index contributed by atoms with van der Waals surface area (Å²) in [6.45, 7) is 3.85. The number of benzene rings is 1. The molecule has 3 heterocycles. The Kier molecular flexibility index (Phi) is 4.38. The van der Waals surface area contributed by atoms with Crippen LogP contribution >= 0.6 is 0 Å². The molecule has 0 radical (unpaired) electrons. The molecule has 1 amide bonds. The summed E-state index contributed by atoms with van der Waals surface area (Å²) in [5.41, 5.74) is 3.57. The molecule has 0 bridgehead atoms. The Morgan fingerprint density at radius 2 is 2.07 bits per heavy atom. The average molecular weight is 397 g/mol. The molecule has 28 heavy (non-hydrogen) atoms. The van der Waals surface area contributed by atoms with E-state index in [-0.39, 0.29) is 10.8 Å². The van der Waals surface area contributed by atoms with Crippen molar-refractivity contribution in [3.63, 3.8) is 0 Å². The highest BCUT2D eigenvalue weighted by atomic mass is 32.2. The van der Waals surface area contributed by atoms with E-state index in [1.807, 2.05) is 0 Å². The largest absolute Gasteiger partial charge is 0.308 e. The maximum atomic E-state index is 12.7. The van der Waals surface area contributed by atoms with Gasteiger partial charge in [-0.15, -0.1) is 0 Å². The number of carbonyl (C=O) groups excluding carboxylic acids is 1. The molecule has 144 valence electrons. The number of aryl methyl sites for hydroxylation is 2. The summed E-state index contributed by atoms with van der Waals surface area (Å²) in [5, 5.41) is 6.63. The van der Waals surface area contributed by atoms with Gasteiger partial charge >= 0.3 is 0 Å². The van der Waals surface area contributed by atoms with E-state index in [4.69, 9.17) is 0 Å². The number of fused-ring (bicyclic) bond motifs is 1. The minimum absolute atomic E-state index is 0.121. The lowest BCUT2D eigenvalue weighted by atomic mass is 10.1. The second kappa shape index (κ2) is 6.75. The molecule has 2 N–H and O–H groups in total. The van der Waals surface area contributed by atoms with Gasteiger partial charge in [0.05, 0.1) is 17.0 Å². The highest BCUT2D eigenvalue weighted by Crippen LogP contribution is 2.32. The Morgan fingerprint density at radius 3 is 2.75 bits per heavy atom. The average Bonchev–Trinajstić information content (AvgIpc) is 3.24. The fourth-order valence-corrected chi connectivity index (χ4v) is 4.89. The van der Waals surface area contributed by atoms with Crippen molar-refractivity contribution < 1.29 is 13.2 Å². The molecule has 0 fully saturated rings. The normalized spacial score (nSPS) is 13.4. The van der Waals surface area contributed by atoms with Gasteiger partial charge < -0.3 is 4.90 Å². The Balaban J connectivity index is 1.60. The Bertz CT molecular complexity index is 1140. The van der Waals surface area contributed by atoms with Crippen LogP contribution in [0.1, 0.15) is 27.3 Å². The number of nitrogens with one attached hydrogen (secondary N) is 2. The first-order chi connectivity index (χ1) is 13.4. The lowest BCUT2D eigenvalue weighted by molar-refractivity contribution is 0.0989. The van der Waals surface area contributed by atoms with Gasteiger partial charge in [-0.3, -0.25) is 19.6 Å². The molecule has 0 saturated heterocycles. The maximum absolute atomic E-state index is 12.7. The summed E-state index contributed by atoms with van der Waals surface area (Å²) in [7, 11) is -3.75. The van der Waals surface area contributed by atoms with E-state index >= 15 is 0 Å². The molecular formula is C19H19N5O3S. The molecule has 0 unspecified atom stereocenters. The summed E-state index contributed by atoms with van der Waals surface area (Å²) in [4.78, 5) is 18.6. The van der Waals surface area contributed by atoms with E-state index in [1.54, 1.807) is 61.5 Å². The van der Waals surface area contributed by atoms with Crippen LogP contribution in [-0.4, -0.2) is 36.1 Å². The molecule has 1 aromatic carbocycles. The molecule has 1 aliphatic heterocycles. The molecule has 4 rings (SSSR count). The van der Waals surface area contributed by atoms with Crippen molar-refractivity contribution in [1.82, 2.24) is 15.2 Å². The topological polar surface area (TPSA) is 108 Å². The summed E-state index contributed by atoms with van der Waals surface area (Å²) in [6, 6.07) is 8.65. The molecule has 0 atom stereocenters. The fraction of sp³-hybridized carbons (Fsp3) is 0.211. The molecule has 9 heteroatoms. The zero-order valence-corrected chi connectivity index (χ0v) is 16.2. The van der Waals surface area contributed by atoms with Crippen molar-refractivity contribution in [3.8, 4) is 0 Å². The molecule has 2 aromatic heterocycles. The van der Waals surface area contributed by atoms with Gasteiger partial charge in [0.1, 0.15) is 4.90 Å². The van der Waals surface area contributed by atoms with Crippen LogP contribution in [-0.2, 0) is 16.4 Å². The SMILES string of the molecule is Cc1n[nH]c(C)c1S(=O)(=O)Nc1ccc2c(c1)CCN2C(=O)c1cccnc1. The Morgan fingerprint density at radius 1 is 1.25 bits per heavy atom. The molecule has 0 spiro atoms. The number of H-pyrrole nitrogens is 1. The van der Waals surface area contributed by atoms with Crippen LogP contribution in [0.4, 0.5) is 11.4 Å². The number of hydrogen-bond acceptors (Lipinski definition) is 5. The van der Waals surface area contributed by atoms with Crippen LogP contribution in [0.5, 0.6) is 0 Å². The van der Waals surface area contributed by atoms with Crippen molar-refractivity contribution in [2.45, 2.75) is 25.2 Å². The number of amides is 1. The molecule has 1 aliphatic rings. The van der Waals surface area contributed by atoms with Gasteiger partial charge in [-0.25, -0.2) is 8.42 Å². The van der Waals surface area contributed by atoms with Gasteiger partial charge in [-0.05, 0) is 56.2 Å². The number of carbonyl (C=O) groups is 1. The van der Waals surface area contributed by atoms with Gasteiger partial charge in [0.25, 0.3) is 15.9 Å². The molecular weight excluding hydrogens is 378 g/mol. The third-order valence-corrected chi connectivity index (χ3v) is 6.35. The number of rotatable bonds is 4. The highest BCUT2D eigenvalue weighted by Gasteiger charge is 2.27. The number of sulfonamides is 1. The number of aromatic amines is 1. The first-order valence-corrected chi connectivity index (χ1v) is 10.2. The number of pyridine rings is 1. The predicted octanol–water partition coefficient (Wildman–Crippen LogP) is 2.43. The van der Waals surface area contributed by atoms with Gasteiger partial charge in [0.2, 0.25) is 0 Å². The van der Waals surface area contributed by atoms with Crippen LogP contribution in [0.25, 0.3) is 0 Å². The maximum Gasteiger partial charge on any atom is 0.265 e. The van der Waals surface area contributed by atoms with E-state index in [2.05, 4.69) is 19.9 Å². The first kappa shape index (κ1) is 18.2. The Hall–Kier alpha value is -3.20. The van der Waals surface area contributed by atoms with Crippen molar-refractivity contribution in [3.05, 3.63) is 65.2 Å². The van der Waals surface area contributed by atoms with E-state index in [0.717, 1.165) is 11.3 Å². The van der Waals surface area contributed by atoms with Crippen molar-refractivity contribution >= 4 is 27.3 Å². The van der Waals surface area contributed by atoms with E-state index < -0.39 is 10.0 Å². The van der Waals surface area contributed by atoms with Crippen LogP contribution in [0.2, 0.25) is 0 Å². The standard InChI is InChI=1S/C19H19N5O3S/c1-12-18(13(2)22-21-12)28(26,27)23-16-5-6-17-14(10-16)7-9-24(17)19(25)15-4-3-8-20-11-15/h3-6,8,10-11,23H,7,9H2,1-2H3,(H,21,22). The minimum atomic E-state index is -3.75. The number of anilines is 2. The van der Waals surface area contributed by atoms with Crippen molar-refractivity contribution in [2.24, 2.45) is 0 Å². The van der Waals surface area contributed by atoms with Gasteiger partial charge in [0.15, 0.2) is 0 Å². The number of hydrogen-bond donors (Lipinski definition) is 2. The zero-order valence-electron chi connectivity index (χ0n) is 15.4. The van der Waals surface area contributed by atoms with Crippen molar-refractivity contribution in [2.75, 3.05) is 16.2 Å². The highest BCUT2D eigenvalue weighted by molar-refractivity contribution is 7.92. The van der Waals surface area contributed by atoms with Crippen molar-refractivity contribution in [1.29, 1.82) is 0 Å². The Labute approximate surface area is 162 Å². The summed E-state index contributed by atoms with van der Waals surface area (Å²) in [5.74, 6) is -0.121. The summed E-state index contributed by atoms with van der Waals surface area (Å²) >= 11 is 0. The quantitative estimate of drug-likeness (QED) is 0.703. The van der Waals surface area contributed by atoms with Crippen LogP contribution in [0, 0.1) is 13.8 Å². The first-order valence-electron chi connectivity index (χ1n) is 8.76. The number of aromatic nitrogens is 3. The lowest BCUT2D eigenvalue weighted by Crippen LogP contribution is -2.28. The molecule has 0 aliphatic carbocycles. The zero-order chi connectivity index (χ0) is 19.9. The summed E-state index contributed by atoms with van der Waals surface area (Å²) < 4.78 is 28.0. The predicted molar refractivity (Wildman–Crippen MR) is 105 cm³/mol. The lowest BCUT2D eigenvalue weighted by Gasteiger charge is -2.17. The monoisotopic (exact) mass is 397 g/mol. The third-order valence-electron chi connectivity index (χ3n) is 4.71. The van der Waals surface area contributed by atoms with E-state index in [1.165, 1.54) is 0 Å². The number of nitrogens with zero attached hydrogens (tertiary/aromatic N) is 3. The molecule has 3 aromatic rings. The second-order valence-electron chi connectivity index (χ2n) is 6.66. The van der Waals surface area contributed by atoms with Crippen LogP contribution in [0.3, 0.4) is 0 Å². The smallest absolute Gasteiger partial charge is 0.265 e.